The van der Waals surface area contributed by atoms with Gasteiger partial charge in [-0.15, -0.1) is 0 Å². The Hall–Kier alpha value is -0.800. The average molecular weight is 335 g/mol. The molecule has 1 aliphatic heterocycles. The largest absolute Gasteiger partial charge is 0.343 e. The molecule has 2 heterocycles. The molecule has 2 N–H and O–H groups in total. The maximum absolute atomic E-state index is 5.89. The molecule has 0 spiro atoms. The summed E-state index contributed by atoms with van der Waals surface area (Å²) in [5.74, 6) is 0. The fraction of sp³-hybridized carbons (Fsp3) is 0.529. The minimum absolute atomic E-state index is 0.166. The number of nitrogens with two attached hydrogens (primary N) is 1. The lowest BCUT2D eigenvalue weighted by molar-refractivity contribution is 0.377. The minimum Gasteiger partial charge on any atom is -0.343 e. The molecular weight excluding hydrogens is 312 g/mol. The molecule has 0 radical (unpaired) electrons. The molecule has 0 aliphatic carbocycles. The number of halogens is 1. The van der Waals surface area contributed by atoms with Crippen molar-refractivity contribution < 1.29 is 0 Å². The van der Waals surface area contributed by atoms with Crippen LogP contribution >= 0.6 is 15.9 Å². The van der Waals surface area contributed by atoms with Gasteiger partial charge in [-0.05, 0) is 71.3 Å². The first-order valence-corrected chi connectivity index (χ1v) is 8.22. The molecule has 3 heteroatoms. The second-order valence-corrected chi connectivity index (χ2v) is 7.64. The van der Waals surface area contributed by atoms with Gasteiger partial charge in [-0.1, -0.05) is 19.9 Å². The number of aryl methyl sites for hydroxylation is 2. The third-order valence-corrected chi connectivity index (χ3v) is 5.54. The predicted molar refractivity (Wildman–Crippen MR) is 89.2 cm³/mol. The van der Waals surface area contributed by atoms with Crippen LogP contribution in [0.5, 0.6) is 0 Å². The topological polar surface area (TPSA) is 30.9 Å². The van der Waals surface area contributed by atoms with Crippen LogP contribution in [0.3, 0.4) is 0 Å². The summed E-state index contributed by atoms with van der Waals surface area (Å²) in [5.41, 5.74) is 11.8. The van der Waals surface area contributed by atoms with E-state index >= 15 is 0 Å². The summed E-state index contributed by atoms with van der Waals surface area (Å²) < 4.78 is 3.74. The van der Waals surface area contributed by atoms with Gasteiger partial charge in [0.05, 0.1) is 5.52 Å². The average Bonchev–Trinajstić information content (AvgIpc) is 2.66. The van der Waals surface area contributed by atoms with Crippen molar-refractivity contribution in [2.75, 3.05) is 6.54 Å². The zero-order valence-corrected chi connectivity index (χ0v) is 14.2. The van der Waals surface area contributed by atoms with Crippen molar-refractivity contribution in [3.63, 3.8) is 0 Å². The quantitative estimate of drug-likeness (QED) is 0.896. The number of nitrogens with zero attached hydrogens (tertiary/aromatic N) is 1. The lowest BCUT2D eigenvalue weighted by atomic mass is 9.84. The fourth-order valence-corrected chi connectivity index (χ4v) is 3.87. The first-order chi connectivity index (χ1) is 9.43. The van der Waals surface area contributed by atoms with Crippen LogP contribution in [0.2, 0.25) is 0 Å². The van der Waals surface area contributed by atoms with Crippen LogP contribution in [0.4, 0.5) is 0 Å². The zero-order valence-electron chi connectivity index (χ0n) is 12.6. The van der Waals surface area contributed by atoms with Gasteiger partial charge in [0.25, 0.3) is 0 Å². The summed E-state index contributed by atoms with van der Waals surface area (Å²) in [5, 5.41) is 1.38. The van der Waals surface area contributed by atoms with E-state index in [9.17, 15) is 0 Å². The first kappa shape index (κ1) is 14.2. The van der Waals surface area contributed by atoms with E-state index in [0.717, 1.165) is 19.5 Å². The van der Waals surface area contributed by atoms with E-state index in [1.807, 2.05) is 0 Å². The molecule has 3 rings (SSSR count). The Bertz CT molecular complexity index is 667. The van der Waals surface area contributed by atoms with Gasteiger partial charge >= 0.3 is 0 Å². The third kappa shape index (κ3) is 2.21. The summed E-state index contributed by atoms with van der Waals surface area (Å²) >= 11 is 3.79. The molecule has 0 unspecified atom stereocenters. The van der Waals surface area contributed by atoms with E-state index in [1.165, 1.54) is 45.0 Å². The summed E-state index contributed by atoms with van der Waals surface area (Å²) in [6.45, 7) is 8.57. The van der Waals surface area contributed by atoms with Gasteiger partial charge in [0.1, 0.15) is 0 Å². The lowest BCUT2D eigenvalue weighted by Crippen LogP contribution is -2.26. The molecular formula is C17H23BrN2. The molecule has 0 saturated heterocycles. The van der Waals surface area contributed by atoms with Crippen LogP contribution in [-0.4, -0.2) is 11.1 Å². The van der Waals surface area contributed by atoms with Gasteiger partial charge in [-0.3, -0.25) is 0 Å². The first-order valence-electron chi connectivity index (χ1n) is 7.43. The van der Waals surface area contributed by atoms with Crippen LogP contribution in [0.1, 0.15) is 37.1 Å². The highest BCUT2D eigenvalue weighted by Crippen LogP contribution is 2.37. The van der Waals surface area contributed by atoms with Gasteiger partial charge in [0, 0.05) is 22.1 Å². The Kier molecular flexibility index (Phi) is 3.46. The van der Waals surface area contributed by atoms with E-state index < -0.39 is 0 Å². The number of benzene rings is 1. The van der Waals surface area contributed by atoms with E-state index in [2.05, 4.69) is 53.4 Å². The van der Waals surface area contributed by atoms with Gasteiger partial charge in [0.15, 0.2) is 0 Å². The summed E-state index contributed by atoms with van der Waals surface area (Å²) in [6.07, 6.45) is 3.49. The number of rotatable bonds is 3. The summed E-state index contributed by atoms with van der Waals surface area (Å²) in [6, 6.07) is 4.76. The highest BCUT2D eigenvalue weighted by Gasteiger charge is 2.22. The Morgan fingerprint density at radius 1 is 1.35 bits per heavy atom. The van der Waals surface area contributed by atoms with E-state index in [1.54, 1.807) is 0 Å². The summed E-state index contributed by atoms with van der Waals surface area (Å²) in [4.78, 5) is 0. The molecule has 2 aromatic rings. The van der Waals surface area contributed by atoms with Gasteiger partial charge < -0.3 is 10.3 Å². The molecule has 1 aromatic carbocycles. The molecule has 108 valence electrons. The highest BCUT2D eigenvalue weighted by atomic mass is 79.9. The van der Waals surface area contributed by atoms with Gasteiger partial charge in [-0.2, -0.15) is 0 Å². The molecule has 2 nitrogen and oxygen atoms in total. The minimum atomic E-state index is 0.166. The van der Waals surface area contributed by atoms with Crippen molar-refractivity contribution in [2.45, 2.75) is 46.6 Å². The molecule has 20 heavy (non-hydrogen) atoms. The van der Waals surface area contributed by atoms with E-state index in [0.29, 0.717) is 0 Å². The third-order valence-electron chi connectivity index (χ3n) is 4.54. The predicted octanol–water partition coefficient (Wildman–Crippen LogP) is 4.19. The van der Waals surface area contributed by atoms with Crippen molar-refractivity contribution in [3.8, 4) is 0 Å². The van der Waals surface area contributed by atoms with Crippen LogP contribution < -0.4 is 5.73 Å². The van der Waals surface area contributed by atoms with Crippen molar-refractivity contribution in [1.29, 1.82) is 0 Å². The van der Waals surface area contributed by atoms with Crippen molar-refractivity contribution >= 4 is 26.8 Å². The van der Waals surface area contributed by atoms with E-state index in [-0.39, 0.29) is 5.41 Å². The monoisotopic (exact) mass is 334 g/mol. The molecule has 0 amide bonds. The molecule has 0 atom stereocenters. The van der Waals surface area contributed by atoms with Gasteiger partial charge in [0.2, 0.25) is 0 Å². The Labute approximate surface area is 129 Å². The normalized spacial score (nSPS) is 15.1. The standard InChI is InChI=1S/C17H23BrN2/c1-11-15(18)14-8-12(9-17(2,3)10-19)7-13-5-4-6-20(11)16(13)14/h7-8H,4-6,9-10,19H2,1-3H3. The van der Waals surface area contributed by atoms with Crippen LogP contribution in [-0.2, 0) is 19.4 Å². The fourth-order valence-electron chi connectivity index (χ4n) is 3.35. The van der Waals surface area contributed by atoms with Crippen molar-refractivity contribution in [3.05, 3.63) is 33.4 Å². The van der Waals surface area contributed by atoms with Crippen LogP contribution in [0.25, 0.3) is 10.9 Å². The Morgan fingerprint density at radius 3 is 2.80 bits per heavy atom. The molecule has 1 aromatic heterocycles. The van der Waals surface area contributed by atoms with Crippen LogP contribution in [0.15, 0.2) is 16.6 Å². The van der Waals surface area contributed by atoms with Crippen LogP contribution in [0, 0.1) is 12.3 Å². The number of aromatic nitrogens is 1. The second-order valence-electron chi connectivity index (χ2n) is 6.85. The zero-order chi connectivity index (χ0) is 14.5. The smallest absolute Gasteiger partial charge is 0.0526 e. The second kappa shape index (κ2) is 4.88. The number of hydrogen-bond acceptors (Lipinski definition) is 1. The lowest BCUT2D eigenvalue weighted by Gasteiger charge is -2.24. The molecule has 0 saturated carbocycles. The van der Waals surface area contributed by atoms with Gasteiger partial charge in [-0.25, -0.2) is 0 Å². The maximum Gasteiger partial charge on any atom is 0.0526 e. The molecule has 0 bridgehead atoms. The van der Waals surface area contributed by atoms with E-state index in [4.69, 9.17) is 5.73 Å². The highest BCUT2D eigenvalue weighted by molar-refractivity contribution is 9.10. The Balaban J connectivity index is 2.17. The van der Waals surface area contributed by atoms with Crippen molar-refractivity contribution in [1.82, 2.24) is 4.57 Å². The Morgan fingerprint density at radius 2 is 2.10 bits per heavy atom. The number of hydrogen-bond donors (Lipinski definition) is 1. The summed E-state index contributed by atoms with van der Waals surface area (Å²) in [7, 11) is 0. The maximum atomic E-state index is 5.89. The molecule has 1 aliphatic rings. The van der Waals surface area contributed by atoms with Crippen molar-refractivity contribution in [2.24, 2.45) is 11.1 Å². The SMILES string of the molecule is Cc1c(Br)c2cc(CC(C)(C)CN)cc3c2n1CCC3. The molecule has 0 fully saturated rings.